The molecule has 9 nitrogen and oxygen atoms in total. The number of methoxy groups -OCH3 is 1. The molecule has 4 N–H and O–H groups in total. The van der Waals surface area contributed by atoms with Crippen LogP contribution in [0.3, 0.4) is 0 Å². The van der Waals surface area contributed by atoms with Crippen molar-refractivity contribution >= 4 is 72.3 Å². The van der Waals surface area contributed by atoms with Gasteiger partial charge >= 0.3 is 5.97 Å². The first-order chi connectivity index (χ1) is 12.9. The number of amides is 2. The van der Waals surface area contributed by atoms with Crippen molar-refractivity contribution < 1.29 is 19.1 Å². The summed E-state index contributed by atoms with van der Waals surface area (Å²) >= 11 is 6.58. The first kappa shape index (κ1) is 19.1. The van der Waals surface area contributed by atoms with Crippen molar-refractivity contribution in [1.82, 2.24) is 15.0 Å². The summed E-state index contributed by atoms with van der Waals surface area (Å²) < 4.78 is 5.83. The minimum atomic E-state index is -0.622. The maximum Gasteiger partial charge on any atom is 0.315 e. The molecule has 0 saturated heterocycles. The van der Waals surface area contributed by atoms with Gasteiger partial charge < -0.3 is 20.0 Å². The summed E-state index contributed by atoms with van der Waals surface area (Å²) in [7, 11) is 1.21. The van der Waals surface area contributed by atoms with E-state index in [2.05, 4.69) is 62.2 Å². The third kappa shape index (κ3) is 4.55. The lowest BCUT2D eigenvalue weighted by Gasteiger charge is -2.04. The van der Waals surface area contributed by atoms with Crippen molar-refractivity contribution in [1.29, 1.82) is 0 Å². The lowest BCUT2D eigenvalue weighted by Crippen LogP contribution is -2.17. The van der Waals surface area contributed by atoms with Crippen molar-refractivity contribution in [3.05, 3.63) is 39.0 Å². The van der Waals surface area contributed by atoms with Crippen LogP contribution in [0.5, 0.6) is 0 Å². The summed E-state index contributed by atoms with van der Waals surface area (Å²) in [5.74, 6) is -1.22. The highest BCUT2D eigenvalue weighted by molar-refractivity contribution is 9.13. The summed E-state index contributed by atoms with van der Waals surface area (Å²) in [6.45, 7) is 0. The number of nitrogens with zero attached hydrogens (tertiary/aromatic N) is 1. The molecular formula is C16H13Br2N5O4. The van der Waals surface area contributed by atoms with Gasteiger partial charge in [0, 0.05) is 5.69 Å². The Kier molecular flexibility index (Phi) is 5.61. The molecule has 0 aliphatic rings. The molecule has 140 valence electrons. The molecule has 0 saturated carbocycles. The largest absolute Gasteiger partial charge is 0.469 e. The number of rotatable bonds is 5. The number of ether oxygens (including phenoxy) is 1. The van der Waals surface area contributed by atoms with Crippen LogP contribution >= 0.6 is 31.9 Å². The fraction of sp³-hybridized carbons (Fsp3) is 0.125. The van der Waals surface area contributed by atoms with E-state index in [1.165, 1.54) is 7.11 Å². The summed E-state index contributed by atoms with van der Waals surface area (Å²) in [5, 5.41) is 5.25. The lowest BCUT2D eigenvalue weighted by molar-refractivity contribution is -0.142. The number of esters is 1. The number of anilines is 2. The van der Waals surface area contributed by atoms with Gasteiger partial charge in [-0.25, -0.2) is 4.98 Å². The van der Waals surface area contributed by atoms with Gasteiger partial charge in [0.1, 0.15) is 12.1 Å². The van der Waals surface area contributed by atoms with E-state index in [1.54, 1.807) is 24.3 Å². The second-order valence-corrected chi connectivity index (χ2v) is 7.06. The van der Waals surface area contributed by atoms with Gasteiger partial charge in [-0.15, -0.1) is 0 Å². The van der Waals surface area contributed by atoms with Crippen LogP contribution in [0.1, 0.15) is 16.9 Å². The minimum Gasteiger partial charge on any atom is -0.469 e. The predicted octanol–water partition coefficient (Wildman–Crippen LogP) is 3.17. The first-order valence-electron chi connectivity index (χ1n) is 7.57. The maximum atomic E-state index is 12.3. The van der Waals surface area contributed by atoms with E-state index >= 15 is 0 Å². The Bertz CT molecular complexity index is 1020. The van der Waals surface area contributed by atoms with E-state index in [0.717, 1.165) is 4.47 Å². The smallest absolute Gasteiger partial charge is 0.315 e. The van der Waals surface area contributed by atoms with Crippen molar-refractivity contribution in [3.63, 3.8) is 0 Å². The van der Waals surface area contributed by atoms with Gasteiger partial charge in [0.05, 0.1) is 27.2 Å². The molecule has 1 aromatic carbocycles. The van der Waals surface area contributed by atoms with E-state index in [-0.39, 0.29) is 18.3 Å². The number of H-pyrrole nitrogens is 2. The van der Waals surface area contributed by atoms with Crippen LogP contribution in [0.15, 0.2) is 33.3 Å². The first-order valence-corrected chi connectivity index (χ1v) is 9.16. The molecule has 2 aromatic heterocycles. The molecule has 0 unspecified atom stereocenters. The molecule has 11 heteroatoms. The highest BCUT2D eigenvalue weighted by atomic mass is 79.9. The number of carbonyl (C=O) groups is 3. The number of carbonyl (C=O) groups excluding carboxylic acids is 3. The molecule has 0 radical (unpaired) electrons. The minimum absolute atomic E-state index is 0.259. The molecular weight excluding hydrogens is 486 g/mol. The number of aromatic amines is 2. The molecule has 2 heterocycles. The second-order valence-electron chi connectivity index (χ2n) is 5.42. The molecule has 27 heavy (non-hydrogen) atoms. The SMILES string of the molecule is COC(=O)CC(=O)Nc1ccc2nc(NC(=O)c3cc(Br)c(Br)[nH]3)[nH]c2c1. The summed E-state index contributed by atoms with van der Waals surface area (Å²) in [6, 6.07) is 6.60. The summed E-state index contributed by atoms with van der Waals surface area (Å²) in [4.78, 5) is 45.2. The van der Waals surface area contributed by atoms with Crippen LogP contribution in [-0.4, -0.2) is 39.8 Å². The average molecular weight is 499 g/mol. The number of hydrogen-bond donors (Lipinski definition) is 4. The van der Waals surface area contributed by atoms with Crippen molar-refractivity contribution in [3.8, 4) is 0 Å². The Morgan fingerprint density at radius 1 is 1.15 bits per heavy atom. The fourth-order valence-corrected chi connectivity index (χ4v) is 2.91. The van der Waals surface area contributed by atoms with Gasteiger partial charge in [-0.1, -0.05) is 0 Å². The van der Waals surface area contributed by atoms with E-state index in [4.69, 9.17) is 0 Å². The van der Waals surface area contributed by atoms with E-state index < -0.39 is 11.9 Å². The van der Waals surface area contributed by atoms with Gasteiger partial charge in [0.2, 0.25) is 11.9 Å². The summed E-state index contributed by atoms with van der Waals surface area (Å²) in [6.07, 6.45) is -0.375. The van der Waals surface area contributed by atoms with Gasteiger partial charge in [0.25, 0.3) is 5.91 Å². The zero-order valence-corrected chi connectivity index (χ0v) is 17.0. The van der Waals surface area contributed by atoms with E-state index in [0.29, 0.717) is 27.0 Å². The number of hydrogen-bond acceptors (Lipinski definition) is 5. The number of aromatic nitrogens is 3. The Balaban J connectivity index is 1.72. The zero-order chi connectivity index (χ0) is 19.6. The third-order valence-corrected chi connectivity index (χ3v) is 5.28. The Morgan fingerprint density at radius 2 is 1.93 bits per heavy atom. The molecule has 3 rings (SSSR count). The van der Waals surface area contributed by atoms with Crippen LogP contribution in [0.4, 0.5) is 11.6 Å². The topological polar surface area (TPSA) is 129 Å². The molecule has 3 aromatic rings. The zero-order valence-electron chi connectivity index (χ0n) is 13.9. The Morgan fingerprint density at radius 3 is 2.59 bits per heavy atom. The summed E-state index contributed by atoms with van der Waals surface area (Å²) in [5.41, 5.74) is 2.04. The molecule has 0 bridgehead atoms. The van der Waals surface area contributed by atoms with Gasteiger partial charge in [-0.2, -0.15) is 0 Å². The molecule has 0 aliphatic heterocycles. The second kappa shape index (κ2) is 7.92. The number of imidazole rings is 1. The highest BCUT2D eigenvalue weighted by Gasteiger charge is 2.14. The average Bonchev–Trinajstić information content (AvgIpc) is 3.17. The Labute approximate surface area is 169 Å². The van der Waals surface area contributed by atoms with Crippen molar-refractivity contribution in [2.45, 2.75) is 6.42 Å². The third-order valence-electron chi connectivity index (χ3n) is 3.50. The predicted molar refractivity (Wildman–Crippen MR) is 106 cm³/mol. The van der Waals surface area contributed by atoms with E-state index in [1.807, 2.05) is 0 Å². The molecule has 2 amide bonds. The molecule has 0 atom stereocenters. The maximum absolute atomic E-state index is 12.3. The number of benzene rings is 1. The van der Waals surface area contributed by atoms with Crippen molar-refractivity contribution in [2.75, 3.05) is 17.7 Å². The van der Waals surface area contributed by atoms with Gasteiger partial charge in [-0.3, -0.25) is 19.7 Å². The monoisotopic (exact) mass is 497 g/mol. The lowest BCUT2D eigenvalue weighted by atomic mass is 10.2. The molecule has 0 aliphatic carbocycles. The number of fused-ring (bicyclic) bond motifs is 1. The highest BCUT2D eigenvalue weighted by Crippen LogP contribution is 2.24. The quantitative estimate of drug-likeness (QED) is 0.317. The fourth-order valence-electron chi connectivity index (χ4n) is 2.26. The standard InChI is InChI=1S/C16H13Br2N5O4/c1-27-13(25)6-12(24)19-7-2-3-9-10(4-7)22-16(21-9)23-15(26)11-5-8(17)14(18)20-11/h2-5,20H,6H2,1H3,(H,19,24)(H2,21,22,23,26). The van der Waals surface area contributed by atoms with Crippen LogP contribution in [0.25, 0.3) is 11.0 Å². The van der Waals surface area contributed by atoms with Gasteiger partial charge in [0.15, 0.2) is 0 Å². The normalized spacial score (nSPS) is 10.6. The molecule has 0 spiro atoms. The Hall–Kier alpha value is -2.66. The van der Waals surface area contributed by atoms with Gasteiger partial charge in [-0.05, 0) is 56.1 Å². The van der Waals surface area contributed by atoms with Crippen LogP contribution in [0.2, 0.25) is 0 Å². The van der Waals surface area contributed by atoms with Crippen LogP contribution < -0.4 is 10.6 Å². The van der Waals surface area contributed by atoms with E-state index in [9.17, 15) is 14.4 Å². The molecule has 0 fully saturated rings. The van der Waals surface area contributed by atoms with Crippen LogP contribution in [0, 0.1) is 0 Å². The van der Waals surface area contributed by atoms with Crippen LogP contribution in [-0.2, 0) is 14.3 Å². The number of halogens is 2. The number of nitrogens with one attached hydrogen (secondary N) is 4. The van der Waals surface area contributed by atoms with Crippen molar-refractivity contribution in [2.24, 2.45) is 0 Å².